The molecule has 0 aliphatic carbocycles. The van der Waals surface area contributed by atoms with E-state index < -0.39 is 0 Å². The van der Waals surface area contributed by atoms with Crippen LogP contribution >= 0.6 is 11.6 Å². The minimum absolute atomic E-state index is 0.126. The fourth-order valence-corrected chi connectivity index (χ4v) is 2.61. The van der Waals surface area contributed by atoms with E-state index in [2.05, 4.69) is 15.5 Å². The lowest BCUT2D eigenvalue weighted by Gasteiger charge is -2.11. The summed E-state index contributed by atoms with van der Waals surface area (Å²) >= 11 is 5.97. The number of nitrogens with one attached hydrogen (secondary N) is 1. The van der Waals surface area contributed by atoms with Gasteiger partial charge >= 0.3 is 0 Å². The van der Waals surface area contributed by atoms with Gasteiger partial charge in [0.05, 0.1) is 19.1 Å². The van der Waals surface area contributed by atoms with Crippen LogP contribution in [0.15, 0.2) is 28.8 Å². The molecule has 6 heteroatoms. The second-order valence-electron chi connectivity index (χ2n) is 4.89. The van der Waals surface area contributed by atoms with Gasteiger partial charge in [-0.25, -0.2) is 0 Å². The SMILES string of the molecule is CNC1COCC1c1nc(Cc2cccc(Cl)c2)no1. The molecule has 2 aromatic rings. The van der Waals surface area contributed by atoms with Gasteiger partial charge in [0.2, 0.25) is 5.89 Å². The molecule has 1 N–H and O–H groups in total. The molecule has 0 radical (unpaired) electrons. The van der Waals surface area contributed by atoms with Gasteiger partial charge in [0, 0.05) is 17.5 Å². The predicted octanol–water partition coefficient (Wildman–Crippen LogP) is 2.02. The van der Waals surface area contributed by atoms with Gasteiger partial charge in [-0.3, -0.25) is 0 Å². The second-order valence-corrected chi connectivity index (χ2v) is 5.33. The predicted molar refractivity (Wildman–Crippen MR) is 75.0 cm³/mol. The smallest absolute Gasteiger partial charge is 0.233 e. The number of rotatable bonds is 4. The quantitative estimate of drug-likeness (QED) is 0.934. The molecule has 5 nitrogen and oxygen atoms in total. The van der Waals surface area contributed by atoms with Crippen LogP contribution in [0.5, 0.6) is 0 Å². The molecule has 0 amide bonds. The van der Waals surface area contributed by atoms with Gasteiger partial charge in [0.25, 0.3) is 0 Å². The Kier molecular flexibility index (Phi) is 4.00. The van der Waals surface area contributed by atoms with Crippen molar-refractivity contribution in [3.8, 4) is 0 Å². The van der Waals surface area contributed by atoms with Crippen LogP contribution in [0.4, 0.5) is 0 Å². The highest BCUT2D eigenvalue weighted by atomic mass is 35.5. The molecular weight excluding hydrogens is 278 g/mol. The maximum absolute atomic E-state index is 5.97. The first-order chi connectivity index (χ1) is 9.76. The van der Waals surface area contributed by atoms with Crippen molar-refractivity contribution in [3.63, 3.8) is 0 Å². The van der Waals surface area contributed by atoms with Gasteiger partial charge in [-0.05, 0) is 24.7 Å². The normalized spacial score (nSPS) is 22.3. The molecule has 1 aromatic carbocycles. The first-order valence-corrected chi connectivity index (χ1v) is 6.96. The molecule has 1 aliphatic rings. The Morgan fingerprint density at radius 3 is 3.10 bits per heavy atom. The Balaban J connectivity index is 1.73. The number of hydrogen-bond donors (Lipinski definition) is 1. The summed E-state index contributed by atoms with van der Waals surface area (Å²) in [6.45, 7) is 1.29. The van der Waals surface area contributed by atoms with Gasteiger partial charge in [-0.1, -0.05) is 28.9 Å². The highest BCUT2D eigenvalue weighted by Gasteiger charge is 2.32. The van der Waals surface area contributed by atoms with Gasteiger partial charge in [-0.15, -0.1) is 0 Å². The standard InChI is InChI=1S/C14H16ClN3O2/c1-16-12-8-19-7-11(12)14-17-13(18-20-14)6-9-3-2-4-10(15)5-9/h2-5,11-12,16H,6-8H2,1H3. The Bertz CT molecular complexity index is 587. The van der Waals surface area contributed by atoms with E-state index in [4.69, 9.17) is 20.9 Å². The second kappa shape index (κ2) is 5.91. The molecule has 3 rings (SSSR count). The maximum atomic E-state index is 5.97. The minimum atomic E-state index is 0.126. The Morgan fingerprint density at radius 2 is 2.30 bits per heavy atom. The van der Waals surface area contributed by atoms with Crippen molar-refractivity contribution in [1.29, 1.82) is 0 Å². The van der Waals surface area contributed by atoms with Gasteiger partial charge in [-0.2, -0.15) is 4.98 Å². The van der Waals surface area contributed by atoms with Gasteiger partial charge in [0.1, 0.15) is 0 Å². The van der Waals surface area contributed by atoms with E-state index in [1.54, 1.807) is 0 Å². The summed E-state index contributed by atoms with van der Waals surface area (Å²) < 4.78 is 10.8. The molecule has 2 atom stereocenters. The Morgan fingerprint density at radius 1 is 1.40 bits per heavy atom. The number of aromatic nitrogens is 2. The summed E-state index contributed by atoms with van der Waals surface area (Å²) in [5.74, 6) is 1.43. The zero-order chi connectivity index (χ0) is 13.9. The number of halogens is 1. The number of likely N-dealkylation sites (N-methyl/N-ethyl adjacent to an activating group) is 1. The van der Waals surface area contributed by atoms with Crippen molar-refractivity contribution in [2.75, 3.05) is 20.3 Å². The fourth-order valence-electron chi connectivity index (χ4n) is 2.40. The average Bonchev–Trinajstić information content (AvgIpc) is 3.06. The summed E-state index contributed by atoms with van der Waals surface area (Å²) in [7, 11) is 1.91. The summed E-state index contributed by atoms with van der Waals surface area (Å²) in [4.78, 5) is 4.47. The average molecular weight is 294 g/mol. The van der Waals surface area contributed by atoms with E-state index in [0.717, 1.165) is 5.56 Å². The van der Waals surface area contributed by atoms with Crippen LogP contribution < -0.4 is 5.32 Å². The third-order valence-corrected chi connectivity index (χ3v) is 3.74. The molecule has 106 valence electrons. The van der Waals surface area contributed by atoms with Crippen LogP contribution in [0.3, 0.4) is 0 Å². The zero-order valence-corrected chi connectivity index (χ0v) is 11.9. The summed E-state index contributed by atoms with van der Waals surface area (Å²) in [6, 6.07) is 7.90. The topological polar surface area (TPSA) is 60.2 Å². The largest absolute Gasteiger partial charge is 0.379 e. The zero-order valence-electron chi connectivity index (χ0n) is 11.2. The van der Waals surface area contributed by atoms with Crippen LogP contribution in [0.2, 0.25) is 5.02 Å². The number of hydrogen-bond acceptors (Lipinski definition) is 5. The lowest BCUT2D eigenvalue weighted by atomic mass is 10.0. The first kappa shape index (κ1) is 13.5. The highest BCUT2D eigenvalue weighted by Crippen LogP contribution is 2.24. The van der Waals surface area contributed by atoms with Crippen molar-refractivity contribution < 1.29 is 9.26 Å². The molecule has 1 saturated heterocycles. The maximum Gasteiger partial charge on any atom is 0.233 e. The summed E-state index contributed by atoms with van der Waals surface area (Å²) in [6.07, 6.45) is 0.613. The van der Waals surface area contributed by atoms with Crippen LogP contribution in [-0.4, -0.2) is 36.4 Å². The van der Waals surface area contributed by atoms with E-state index in [-0.39, 0.29) is 12.0 Å². The molecule has 2 heterocycles. The van der Waals surface area contributed by atoms with Crippen molar-refractivity contribution in [2.45, 2.75) is 18.4 Å². The van der Waals surface area contributed by atoms with Crippen LogP contribution in [-0.2, 0) is 11.2 Å². The monoisotopic (exact) mass is 293 g/mol. The van der Waals surface area contributed by atoms with Gasteiger partial charge < -0.3 is 14.6 Å². The molecule has 0 spiro atoms. The van der Waals surface area contributed by atoms with Gasteiger partial charge in [0.15, 0.2) is 5.82 Å². The lowest BCUT2D eigenvalue weighted by Crippen LogP contribution is -2.31. The van der Waals surface area contributed by atoms with E-state index in [9.17, 15) is 0 Å². The summed E-state index contributed by atoms with van der Waals surface area (Å²) in [5.41, 5.74) is 1.07. The third kappa shape index (κ3) is 2.85. The molecular formula is C14H16ClN3O2. The lowest BCUT2D eigenvalue weighted by molar-refractivity contribution is 0.185. The van der Waals surface area contributed by atoms with E-state index in [1.165, 1.54) is 0 Å². The van der Waals surface area contributed by atoms with Crippen molar-refractivity contribution in [2.24, 2.45) is 0 Å². The number of benzene rings is 1. The fraction of sp³-hybridized carbons (Fsp3) is 0.429. The third-order valence-electron chi connectivity index (χ3n) is 3.50. The molecule has 1 fully saturated rings. The molecule has 1 aliphatic heterocycles. The van der Waals surface area contributed by atoms with Crippen molar-refractivity contribution >= 4 is 11.6 Å². The molecule has 0 bridgehead atoms. The Labute approximate surface area is 122 Å². The molecule has 20 heavy (non-hydrogen) atoms. The molecule has 1 aromatic heterocycles. The summed E-state index contributed by atoms with van der Waals surface area (Å²) in [5, 5.41) is 7.96. The van der Waals surface area contributed by atoms with Crippen LogP contribution in [0, 0.1) is 0 Å². The Hall–Kier alpha value is -1.43. The van der Waals surface area contributed by atoms with Crippen molar-refractivity contribution in [3.05, 3.63) is 46.6 Å². The van der Waals surface area contributed by atoms with E-state index >= 15 is 0 Å². The molecule has 2 unspecified atom stereocenters. The minimum Gasteiger partial charge on any atom is -0.379 e. The molecule has 0 saturated carbocycles. The van der Waals surface area contributed by atoms with Crippen molar-refractivity contribution in [1.82, 2.24) is 15.5 Å². The van der Waals surface area contributed by atoms with E-state index in [1.807, 2.05) is 31.3 Å². The highest BCUT2D eigenvalue weighted by molar-refractivity contribution is 6.30. The number of nitrogens with zero attached hydrogens (tertiary/aromatic N) is 2. The van der Waals surface area contributed by atoms with Crippen LogP contribution in [0.1, 0.15) is 23.2 Å². The van der Waals surface area contributed by atoms with Crippen LogP contribution in [0.25, 0.3) is 0 Å². The van der Waals surface area contributed by atoms with E-state index in [0.29, 0.717) is 36.4 Å². The number of ether oxygens (including phenoxy) is 1. The first-order valence-electron chi connectivity index (χ1n) is 6.58.